The van der Waals surface area contributed by atoms with Crippen molar-refractivity contribution in [3.63, 3.8) is 0 Å². The van der Waals surface area contributed by atoms with Gasteiger partial charge in [0.2, 0.25) is 0 Å². The Morgan fingerprint density at radius 3 is 2.47 bits per heavy atom. The van der Waals surface area contributed by atoms with E-state index in [0.29, 0.717) is 0 Å². The molecule has 2 N–H and O–H groups in total. The summed E-state index contributed by atoms with van der Waals surface area (Å²) >= 11 is 0. The smallest absolute Gasteiger partial charge is 0.0107 e. The van der Waals surface area contributed by atoms with Crippen molar-refractivity contribution in [1.82, 2.24) is 15.5 Å². The van der Waals surface area contributed by atoms with Crippen LogP contribution in [0.4, 0.5) is 0 Å². The van der Waals surface area contributed by atoms with Crippen molar-refractivity contribution < 1.29 is 0 Å². The van der Waals surface area contributed by atoms with Crippen LogP contribution in [0.3, 0.4) is 0 Å². The second-order valence-corrected chi connectivity index (χ2v) is 5.88. The zero-order valence-corrected chi connectivity index (χ0v) is 13.2. The van der Waals surface area contributed by atoms with Gasteiger partial charge in [0, 0.05) is 32.2 Å². The maximum atomic E-state index is 3.78. The molecule has 0 aromatic rings. The number of hydrogen-bond donors (Lipinski definition) is 2. The minimum Gasteiger partial charge on any atom is -0.314 e. The molecule has 3 heteroatoms. The van der Waals surface area contributed by atoms with Gasteiger partial charge in [-0.2, -0.15) is 0 Å². The van der Waals surface area contributed by atoms with Crippen LogP contribution in [0, 0.1) is 0 Å². The van der Waals surface area contributed by atoms with Gasteiger partial charge in [-0.25, -0.2) is 0 Å². The molecule has 0 amide bonds. The number of unbranched alkanes of at least 4 members (excludes halogenated alkanes) is 2. The summed E-state index contributed by atoms with van der Waals surface area (Å²) in [5.74, 6) is 0. The summed E-state index contributed by atoms with van der Waals surface area (Å²) in [4.78, 5) is 2.59. The maximum absolute atomic E-state index is 3.78. The molecule has 1 aliphatic rings. The van der Waals surface area contributed by atoms with E-state index in [2.05, 4.69) is 29.4 Å². The van der Waals surface area contributed by atoms with Crippen LogP contribution in [0.2, 0.25) is 0 Å². The second kappa shape index (κ2) is 11.7. The van der Waals surface area contributed by atoms with Crippen molar-refractivity contribution in [2.75, 3.05) is 39.3 Å². The Kier molecular flexibility index (Phi) is 10.4. The predicted molar refractivity (Wildman–Crippen MR) is 84.8 cm³/mol. The molecular formula is C16H35N3. The van der Waals surface area contributed by atoms with Crippen LogP contribution in [0.15, 0.2) is 0 Å². The summed E-state index contributed by atoms with van der Waals surface area (Å²) in [5.41, 5.74) is 0. The van der Waals surface area contributed by atoms with Gasteiger partial charge in [-0.3, -0.25) is 0 Å². The third-order valence-electron chi connectivity index (χ3n) is 4.09. The van der Waals surface area contributed by atoms with Crippen LogP contribution in [0.1, 0.15) is 58.8 Å². The molecule has 1 unspecified atom stereocenters. The quantitative estimate of drug-likeness (QED) is 0.565. The van der Waals surface area contributed by atoms with E-state index in [-0.39, 0.29) is 0 Å². The van der Waals surface area contributed by atoms with Gasteiger partial charge in [0.15, 0.2) is 0 Å². The van der Waals surface area contributed by atoms with E-state index in [0.717, 1.165) is 6.04 Å². The Morgan fingerprint density at radius 1 is 1.00 bits per heavy atom. The molecule has 0 aromatic carbocycles. The second-order valence-electron chi connectivity index (χ2n) is 5.88. The number of nitrogens with one attached hydrogen (secondary N) is 2. The molecule has 0 bridgehead atoms. The van der Waals surface area contributed by atoms with Crippen molar-refractivity contribution >= 4 is 0 Å². The SMILES string of the molecule is CCCCCC(CCC)NCCCN1CCNCC1. The lowest BCUT2D eigenvalue weighted by molar-refractivity contribution is 0.236. The van der Waals surface area contributed by atoms with Crippen LogP contribution >= 0.6 is 0 Å². The lowest BCUT2D eigenvalue weighted by Gasteiger charge is -2.27. The molecule has 1 rings (SSSR count). The normalized spacial score (nSPS) is 18.6. The molecule has 3 nitrogen and oxygen atoms in total. The molecule has 0 saturated carbocycles. The molecule has 1 atom stereocenters. The molecular weight excluding hydrogens is 234 g/mol. The van der Waals surface area contributed by atoms with Crippen molar-refractivity contribution in [2.45, 2.75) is 64.8 Å². The Balaban J connectivity index is 2.02. The molecule has 1 saturated heterocycles. The van der Waals surface area contributed by atoms with E-state index >= 15 is 0 Å². The molecule has 0 aromatic heterocycles. The first kappa shape index (κ1) is 16.9. The molecule has 0 aliphatic carbocycles. The summed E-state index contributed by atoms with van der Waals surface area (Å²) in [7, 11) is 0. The van der Waals surface area contributed by atoms with Crippen molar-refractivity contribution in [1.29, 1.82) is 0 Å². The maximum Gasteiger partial charge on any atom is 0.0107 e. The molecule has 19 heavy (non-hydrogen) atoms. The molecule has 114 valence electrons. The zero-order chi connectivity index (χ0) is 13.8. The number of hydrogen-bond acceptors (Lipinski definition) is 3. The van der Waals surface area contributed by atoms with E-state index in [1.807, 2.05) is 0 Å². The minimum absolute atomic E-state index is 0.763. The predicted octanol–water partition coefficient (Wildman–Crippen LogP) is 2.62. The summed E-state index contributed by atoms with van der Waals surface area (Å²) in [6.45, 7) is 11.9. The highest BCUT2D eigenvalue weighted by Gasteiger charge is 2.09. The van der Waals surface area contributed by atoms with E-state index < -0.39 is 0 Å². The Hall–Kier alpha value is -0.120. The average molecular weight is 269 g/mol. The zero-order valence-electron chi connectivity index (χ0n) is 13.2. The lowest BCUT2D eigenvalue weighted by atomic mass is 10.0. The van der Waals surface area contributed by atoms with Gasteiger partial charge in [-0.15, -0.1) is 0 Å². The molecule has 1 fully saturated rings. The summed E-state index contributed by atoms with van der Waals surface area (Å²) in [5, 5.41) is 7.19. The van der Waals surface area contributed by atoms with Crippen molar-refractivity contribution in [3.05, 3.63) is 0 Å². The minimum atomic E-state index is 0.763. The monoisotopic (exact) mass is 269 g/mol. The standard InChI is InChI=1S/C16H35N3/c1-3-5-6-9-16(8-4-2)18-10-7-13-19-14-11-17-12-15-19/h16-18H,3-15H2,1-2H3. The third kappa shape index (κ3) is 8.61. The lowest BCUT2D eigenvalue weighted by Crippen LogP contribution is -2.44. The van der Waals surface area contributed by atoms with Crippen LogP contribution in [0.5, 0.6) is 0 Å². The van der Waals surface area contributed by atoms with Gasteiger partial charge in [0.05, 0.1) is 0 Å². The van der Waals surface area contributed by atoms with Gasteiger partial charge in [-0.05, 0) is 32.4 Å². The third-order valence-corrected chi connectivity index (χ3v) is 4.09. The molecule has 1 heterocycles. The van der Waals surface area contributed by atoms with Crippen molar-refractivity contribution in [2.24, 2.45) is 0 Å². The van der Waals surface area contributed by atoms with Gasteiger partial charge in [-0.1, -0.05) is 39.5 Å². The topological polar surface area (TPSA) is 27.3 Å². The molecule has 0 spiro atoms. The highest BCUT2D eigenvalue weighted by atomic mass is 15.2. The van der Waals surface area contributed by atoms with Gasteiger partial charge < -0.3 is 15.5 Å². The highest BCUT2D eigenvalue weighted by Crippen LogP contribution is 2.08. The number of nitrogens with zero attached hydrogens (tertiary/aromatic N) is 1. The Labute approximate surface area is 120 Å². The average Bonchev–Trinajstić information content (AvgIpc) is 2.45. The van der Waals surface area contributed by atoms with E-state index in [1.54, 1.807) is 0 Å². The fourth-order valence-electron chi connectivity index (χ4n) is 2.88. The number of rotatable bonds is 11. The fraction of sp³-hybridized carbons (Fsp3) is 1.00. The van der Waals surface area contributed by atoms with Crippen LogP contribution in [-0.2, 0) is 0 Å². The molecule has 0 radical (unpaired) electrons. The Morgan fingerprint density at radius 2 is 1.79 bits per heavy atom. The first-order valence-electron chi connectivity index (χ1n) is 8.53. The largest absolute Gasteiger partial charge is 0.314 e. The van der Waals surface area contributed by atoms with Gasteiger partial charge >= 0.3 is 0 Å². The van der Waals surface area contributed by atoms with Gasteiger partial charge in [0.25, 0.3) is 0 Å². The summed E-state index contributed by atoms with van der Waals surface area (Å²) < 4.78 is 0. The van der Waals surface area contributed by atoms with Gasteiger partial charge in [0.1, 0.15) is 0 Å². The highest BCUT2D eigenvalue weighted by molar-refractivity contribution is 4.70. The van der Waals surface area contributed by atoms with Crippen LogP contribution in [-0.4, -0.2) is 50.2 Å². The van der Waals surface area contributed by atoms with E-state index in [1.165, 1.54) is 84.2 Å². The van der Waals surface area contributed by atoms with E-state index in [9.17, 15) is 0 Å². The van der Waals surface area contributed by atoms with Crippen LogP contribution < -0.4 is 10.6 Å². The van der Waals surface area contributed by atoms with Crippen molar-refractivity contribution in [3.8, 4) is 0 Å². The Bertz CT molecular complexity index is 190. The fourth-order valence-corrected chi connectivity index (χ4v) is 2.88. The first-order valence-corrected chi connectivity index (χ1v) is 8.53. The first-order chi connectivity index (χ1) is 9.36. The molecule has 1 aliphatic heterocycles. The van der Waals surface area contributed by atoms with E-state index in [4.69, 9.17) is 0 Å². The summed E-state index contributed by atoms with van der Waals surface area (Å²) in [6, 6.07) is 0.763. The summed E-state index contributed by atoms with van der Waals surface area (Å²) in [6.07, 6.45) is 9.44. The van der Waals surface area contributed by atoms with Crippen LogP contribution in [0.25, 0.3) is 0 Å². The number of piperazine rings is 1.